The van der Waals surface area contributed by atoms with Gasteiger partial charge in [-0.2, -0.15) is 5.10 Å². The maximum atomic E-state index is 4.72. The van der Waals surface area contributed by atoms with E-state index in [1.807, 2.05) is 37.8 Å². The molecular weight excluding hydrogens is 400 g/mol. The Morgan fingerprint density at radius 2 is 1.75 bits per heavy atom. The fraction of sp³-hybridized carbons (Fsp3) is 0.250. The predicted octanol–water partition coefficient (Wildman–Crippen LogP) is 3.62. The van der Waals surface area contributed by atoms with Crippen LogP contribution in [0, 0.1) is 6.92 Å². The molecule has 0 aromatic carbocycles. The maximum absolute atomic E-state index is 4.72. The Hall–Kier alpha value is -3.78. The second-order valence-electron chi connectivity index (χ2n) is 8.51. The molecule has 32 heavy (non-hydrogen) atoms. The highest BCUT2D eigenvalue weighted by atomic mass is 15.3. The van der Waals surface area contributed by atoms with Crippen LogP contribution in [0.15, 0.2) is 49.1 Å². The van der Waals surface area contributed by atoms with Crippen LogP contribution in [0.5, 0.6) is 0 Å². The van der Waals surface area contributed by atoms with Crippen molar-refractivity contribution in [1.82, 2.24) is 35.0 Å². The lowest BCUT2D eigenvalue weighted by Crippen LogP contribution is -2.44. The topological polar surface area (TPSA) is 89.6 Å². The molecule has 6 rings (SSSR count). The first-order valence-electron chi connectivity index (χ1n) is 10.8. The maximum Gasteiger partial charge on any atom is 0.181 e. The number of likely N-dealkylation sites (N-methyl/N-ethyl adjacent to an activating group) is 1. The Morgan fingerprint density at radius 3 is 2.59 bits per heavy atom. The van der Waals surface area contributed by atoms with Crippen LogP contribution in [0.4, 0.5) is 5.82 Å². The Kier molecular flexibility index (Phi) is 4.39. The minimum absolute atomic E-state index is 0.695. The van der Waals surface area contributed by atoms with Crippen LogP contribution in [-0.4, -0.2) is 68.3 Å². The summed E-state index contributed by atoms with van der Waals surface area (Å²) in [5.41, 5.74) is 6.85. The number of nitrogens with one attached hydrogen (secondary N) is 2. The van der Waals surface area contributed by atoms with Gasteiger partial charge in [-0.05, 0) is 43.8 Å². The summed E-state index contributed by atoms with van der Waals surface area (Å²) in [4.78, 5) is 21.9. The highest BCUT2D eigenvalue weighted by Crippen LogP contribution is 2.33. The average molecular weight is 425 g/mol. The highest BCUT2D eigenvalue weighted by Gasteiger charge is 2.20. The number of fused-ring (bicyclic) bond motifs is 2. The summed E-state index contributed by atoms with van der Waals surface area (Å²) in [7, 11) is 2.16. The molecule has 6 heterocycles. The van der Waals surface area contributed by atoms with E-state index in [0.717, 1.165) is 76.4 Å². The molecule has 1 aliphatic heterocycles. The third-order valence-corrected chi connectivity index (χ3v) is 6.22. The number of aromatic nitrogens is 6. The number of hydrogen-bond donors (Lipinski definition) is 2. The van der Waals surface area contributed by atoms with Gasteiger partial charge in [-0.25, -0.2) is 9.97 Å². The predicted molar refractivity (Wildman–Crippen MR) is 127 cm³/mol. The van der Waals surface area contributed by atoms with Crippen LogP contribution in [0.2, 0.25) is 0 Å². The van der Waals surface area contributed by atoms with Gasteiger partial charge in [-0.3, -0.25) is 10.1 Å². The number of pyridine rings is 3. The lowest BCUT2D eigenvalue weighted by Gasteiger charge is -2.33. The van der Waals surface area contributed by atoms with Crippen molar-refractivity contribution in [2.24, 2.45) is 0 Å². The normalized spacial score (nSPS) is 15.1. The summed E-state index contributed by atoms with van der Waals surface area (Å²) in [6.45, 7) is 6.09. The fourth-order valence-corrected chi connectivity index (χ4v) is 4.42. The zero-order chi connectivity index (χ0) is 21.7. The van der Waals surface area contributed by atoms with Crippen molar-refractivity contribution < 1.29 is 0 Å². The van der Waals surface area contributed by atoms with E-state index in [1.165, 1.54) is 0 Å². The zero-order valence-electron chi connectivity index (χ0n) is 18.1. The van der Waals surface area contributed by atoms with Gasteiger partial charge < -0.3 is 14.8 Å². The second kappa shape index (κ2) is 7.42. The van der Waals surface area contributed by atoms with Crippen LogP contribution >= 0.6 is 0 Å². The molecule has 0 saturated carbocycles. The van der Waals surface area contributed by atoms with Crippen LogP contribution in [0.3, 0.4) is 0 Å². The summed E-state index contributed by atoms with van der Waals surface area (Å²) >= 11 is 0. The van der Waals surface area contributed by atoms with E-state index in [4.69, 9.17) is 4.98 Å². The fourth-order valence-electron chi connectivity index (χ4n) is 4.42. The standard InChI is InChI=1S/C24H24N8/c1-15-9-16(13-25-12-15)17-10-19-22(29-30-23(19)27-14-17)21-11-18-20(28-21)3-4-26-24(18)32-7-5-31(2)6-8-32/h3-4,9-14,28H,5-8H2,1-2H3,(H,27,29,30). The van der Waals surface area contributed by atoms with Crippen molar-refractivity contribution in [3.05, 3.63) is 54.6 Å². The quantitative estimate of drug-likeness (QED) is 0.460. The van der Waals surface area contributed by atoms with Crippen molar-refractivity contribution in [3.8, 4) is 22.5 Å². The Morgan fingerprint density at radius 1 is 0.906 bits per heavy atom. The minimum Gasteiger partial charge on any atom is -0.353 e. The van der Waals surface area contributed by atoms with Gasteiger partial charge in [0.25, 0.3) is 0 Å². The van der Waals surface area contributed by atoms with Crippen molar-refractivity contribution in [2.75, 3.05) is 38.1 Å². The van der Waals surface area contributed by atoms with Gasteiger partial charge in [0.2, 0.25) is 0 Å². The van der Waals surface area contributed by atoms with Gasteiger partial charge in [-0.1, -0.05) is 0 Å². The van der Waals surface area contributed by atoms with Crippen LogP contribution in [0.25, 0.3) is 44.5 Å². The Labute approximate surface area is 185 Å². The first-order valence-corrected chi connectivity index (χ1v) is 10.8. The number of piperazine rings is 1. The summed E-state index contributed by atoms with van der Waals surface area (Å²) in [6, 6.07) is 8.44. The molecule has 0 aliphatic carbocycles. The number of H-pyrrole nitrogens is 2. The van der Waals surface area contributed by atoms with Crippen molar-refractivity contribution in [2.45, 2.75) is 6.92 Å². The van der Waals surface area contributed by atoms with Crippen molar-refractivity contribution in [3.63, 3.8) is 0 Å². The first kappa shape index (κ1) is 18.9. The van der Waals surface area contributed by atoms with Crippen LogP contribution in [-0.2, 0) is 0 Å². The smallest absolute Gasteiger partial charge is 0.181 e. The summed E-state index contributed by atoms with van der Waals surface area (Å²) in [6.07, 6.45) is 7.46. The minimum atomic E-state index is 0.695. The second-order valence-corrected chi connectivity index (χ2v) is 8.51. The van der Waals surface area contributed by atoms with Crippen LogP contribution < -0.4 is 4.90 Å². The Balaban J connectivity index is 1.44. The number of nitrogens with zero attached hydrogens (tertiary/aromatic N) is 6. The van der Waals surface area contributed by atoms with E-state index in [1.54, 1.807) is 0 Å². The lowest BCUT2D eigenvalue weighted by atomic mass is 10.1. The molecular formula is C24H24N8. The Bertz CT molecular complexity index is 1420. The number of rotatable bonds is 3. The molecule has 5 aromatic heterocycles. The van der Waals surface area contributed by atoms with E-state index in [9.17, 15) is 0 Å². The van der Waals surface area contributed by atoms with E-state index in [2.05, 4.69) is 60.2 Å². The third kappa shape index (κ3) is 3.20. The lowest BCUT2D eigenvalue weighted by molar-refractivity contribution is 0.312. The van der Waals surface area contributed by atoms with Gasteiger partial charge in [0, 0.05) is 72.9 Å². The number of anilines is 1. The zero-order valence-corrected chi connectivity index (χ0v) is 18.1. The van der Waals surface area contributed by atoms with E-state index >= 15 is 0 Å². The molecule has 1 saturated heterocycles. The summed E-state index contributed by atoms with van der Waals surface area (Å²) in [5, 5.41) is 9.72. The summed E-state index contributed by atoms with van der Waals surface area (Å²) in [5.74, 6) is 1.03. The summed E-state index contributed by atoms with van der Waals surface area (Å²) < 4.78 is 0. The number of aryl methyl sites for hydroxylation is 1. The molecule has 0 radical (unpaired) electrons. The first-order chi connectivity index (χ1) is 15.7. The molecule has 1 aliphatic rings. The van der Waals surface area contributed by atoms with E-state index in [-0.39, 0.29) is 0 Å². The van der Waals surface area contributed by atoms with E-state index in [0.29, 0.717) is 5.65 Å². The van der Waals surface area contributed by atoms with Gasteiger partial charge in [0.15, 0.2) is 5.65 Å². The molecule has 8 nitrogen and oxygen atoms in total. The monoisotopic (exact) mass is 424 g/mol. The molecule has 160 valence electrons. The third-order valence-electron chi connectivity index (χ3n) is 6.22. The molecule has 0 amide bonds. The molecule has 0 spiro atoms. The van der Waals surface area contributed by atoms with Gasteiger partial charge in [0.05, 0.1) is 16.9 Å². The molecule has 0 bridgehead atoms. The molecule has 0 unspecified atom stereocenters. The molecule has 0 atom stereocenters. The SMILES string of the molecule is Cc1cncc(-c2cnc3n[nH]c(-c4cc5c(N6CCN(C)CC6)nccc5[nH]4)c3c2)c1. The van der Waals surface area contributed by atoms with E-state index < -0.39 is 0 Å². The molecule has 1 fully saturated rings. The highest BCUT2D eigenvalue weighted by molar-refractivity contribution is 5.99. The average Bonchev–Trinajstić information content (AvgIpc) is 3.43. The largest absolute Gasteiger partial charge is 0.353 e. The van der Waals surface area contributed by atoms with Gasteiger partial charge in [-0.15, -0.1) is 0 Å². The number of hydrogen-bond acceptors (Lipinski definition) is 6. The van der Waals surface area contributed by atoms with Crippen molar-refractivity contribution >= 4 is 27.8 Å². The molecule has 8 heteroatoms. The van der Waals surface area contributed by atoms with Crippen LogP contribution in [0.1, 0.15) is 5.56 Å². The van der Waals surface area contributed by atoms with Crippen molar-refractivity contribution in [1.29, 1.82) is 0 Å². The molecule has 2 N–H and O–H groups in total. The molecule has 5 aromatic rings. The van der Waals surface area contributed by atoms with Gasteiger partial charge in [0.1, 0.15) is 5.82 Å². The van der Waals surface area contributed by atoms with Gasteiger partial charge >= 0.3 is 0 Å². The number of aromatic amines is 2.